The lowest BCUT2D eigenvalue weighted by atomic mass is 10.0. The zero-order valence-electron chi connectivity index (χ0n) is 37.7. The normalized spacial score (nSPS) is 14.1. The van der Waals surface area contributed by atoms with Gasteiger partial charge in [-0.15, -0.1) is 0 Å². The van der Waals surface area contributed by atoms with Gasteiger partial charge in [-0.25, -0.2) is 0 Å². The molecule has 0 aromatic carbocycles. The molecule has 0 aliphatic carbocycles. The second-order valence-electron chi connectivity index (χ2n) is 16.4. The number of rotatable bonds is 41. The summed E-state index contributed by atoms with van der Waals surface area (Å²) in [4.78, 5) is 37.6. The fourth-order valence-electron chi connectivity index (χ4n) is 5.98. The van der Waals surface area contributed by atoms with E-state index in [1.54, 1.807) is 0 Å². The number of ether oxygens (including phenoxy) is 2. The lowest BCUT2D eigenvalue weighted by molar-refractivity contribution is -0.870. The van der Waals surface area contributed by atoms with Gasteiger partial charge in [-0.3, -0.25) is 14.2 Å². The SMILES string of the molecule is CC/C=C\C/C=C\C/C=C\C/C=C\C/C=C\CCCC(=O)OC(COC(=O)CCCCCCCCCCCCCCCCCCC)COP(=O)([O-])OCC[N+](C)(C)C. The van der Waals surface area contributed by atoms with Crippen molar-refractivity contribution in [2.24, 2.45) is 0 Å². The Kier molecular flexibility index (Phi) is 38.5. The van der Waals surface area contributed by atoms with Crippen LogP contribution in [0.1, 0.15) is 181 Å². The van der Waals surface area contributed by atoms with Gasteiger partial charge < -0.3 is 27.9 Å². The topological polar surface area (TPSA) is 111 Å². The molecule has 2 atom stereocenters. The van der Waals surface area contributed by atoms with Crippen molar-refractivity contribution in [2.75, 3.05) is 47.5 Å². The maximum atomic E-state index is 12.7. The minimum atomic E-state index is -4.64. The molecular weight excluding hydrogens is 750 g/mol. The Labute approximate surface area is 356 Å². The predicted octanol–water partition coefficient (Wildman–Crippen LogP) is 12.6. The van der Waals surface area contributed by atoms with E-state index in [0.29, 0.717) is 23.9 Å². The summed E-state index contributed by atoms with van der Waals surface area (Å²) in [6.45, 7) is 4.05. The lowest BCUT2D eigenvalue weighted by Crippen LogP contribution is -2.37. The lowest BCUT2D eigenvalue weighted by Gasteiger charge is -2.28. The number of unbranched alkanes of at least 4 members (excludes halogenated alkanes) is 17. The Bertz CT molecular complexity index is 1170. The number of phosphoric ester groups is 1. The average Bonchev–Trinajstić information content (AvgIpc) is 3.17. The molecule has 58 heavy (non-hydrogen) atoms. The predicted molar refractivity (Wildman–Crippen MR) is 240 cm³/mol. The van der Waals surface area contributed by atoms with Gasteiger partial charge in [0.05, 0.1) is 27.7 Å². The molecule has 0 spiro atoms. The number of carbonyl (C=O) groups excluding carboxylic acids is 2. The fourth-order valence-corrected chi connectivity index (χ4v) is 6.71. The fraction of sp³-hybridized carbons (Fsp3) is 0.750. The van der Waals surface area contributed by atoms with Crippen LogP contribution in [0.5, 0.6) is 0 Å². The summed E-state index contributed by atoms with van der Waals surface area (Å²) < 4.78 is 33.9. The van der Waals surface area contributed by atoms with E-state index in [4.69, 9.17) is 18.5 Å². The molecule has 10 heteroatoms. The highest BCUT2D eigenvalue weighted by Gasteiger charge is 2.21. The highest BCUT2D eigenvalue weighted by atomic mass is 31.2. The molecule has 336 valence electrons. The summed E-state index contributed by atoms with van der Waals surface area (Å²) in [5.74, 6) is -0.901. The van der Waals surface area contributed by atoms with E-state index in [1.165, 1.54) is 89.9 Å². The first-order chi connectivity index (χ1) is 28.0. The molecule has 0 saturated carbocycles. The van der Waals surface area contributed by atoms with E-state index in [-0.39, 0.29) is 26.1 Å². The Morgan fingerprint density at radius 3 is 1.45 bits per heavy atom. The van der Waals surface area contributed by atoms with Gasteiger partial charge in [0.1, 0.15) is 19.8 Å². The second-order valence-corrected chi connectivity index (χ2v) is 17.8. The standard InChI is InChI=1S/C48H86NO8P/c1-6-8-10-12-14-16-18-20-22-24-26-28-30-32-34-36-38-40-47(50)54-44-46(45-56-58(52,53)55-43-42-49(3,4)5)57-48(51)41-39-37-35-33-31-29-27-25-23-21-19-17-15-13-11-9-7-2/h9,11,15,17,21,23,27,29,33,35,46H,6-8,10,12-14,16,18-20,22,24-26,28,30-32,34,36-45H2,1-5H3/b11-9-,17-15-,23-21-,29-27-,35-33-. The van der Waals surface area contributed by atoms with Crippen LogP contribution in [0.2, 0.25) is 0 Å². The zero-order valence-corrected chi connectivity index (χ0v) is 38.6. The molecule has 0 aromatic rings. The largest absolute Gasteiger partial charge is 0.756 e. The van der Waals surface area contributed by atoms with E-state index in [2.05, 4.69) is 68.5 Å². The van der Waals surface area contributed by atoms with Crippen molar-refractivity contribution in [3.63, 3.8) is 0 Å². The van der Waals surface area contributed by atoms with Crippen molar-refractivity contribution in [3.05, 3.63) is 60.8 Å². The van der Waals surface area contributed by atoms with Crippen LogP contribution in [0.15, 0.2) is 60.8 Å². The van der Waals surface area contributed by atoms with Crippen LogP contribution in [0, 0.1) is 0 Å². The molecule has 0 N–H and O–H groups in total. The van der Waals surface area contributed by atoms with Gasteiger partial charge in [0.25, 0.3) is 7.82 Å². The second kappa shape index (κ2) is 40.1. The third-order valence-corrected chi connectivity index (χ3v) is 10.5. The van der Waals surface area contributed by atoms with Crippen LogP contribution < -0.4 is 4.89 Å². The number of esters is 2. The maximum absolute atomic E-state index is 12.7. The van der Waals surface area contributed by atoms with Gasteiger partial charge in [0.15, 0.2) is 6.10 Å². The first-order valence-electron chi connectivity index (χ1n) is 23.0. The Morgan fingerprint density at radius 1 is 0.552 bits per heavy atom. The molecule has 2 unspecified atom stereocenters. The molecule has 0 amide bonds. The Balaban J connectivity index is 4.41. The van der Waals surface area contributed by atoms with Crippen molar-refractivity contribution in [2.45, 2.75) is 187 Å². The molecule has 0 radical (unpaired) electrons. The highest BCUT2D eigenvalue weighted by molar-refractivity contribution is 7.45. The van der Waals surface area contributed by atoms with Crippen LogP contribution in [0.3, 0.4) is 0 Å². The van der Waals surface area contributed by atoms with Gasteiger partial charge in [-0.2, -0.15) is 0 Å². The summed E-state index contributed by atoms with van der Waals surface area (Å²) in [5.41, 5.74) is 0. The van der Waals surface area contributed by atoms with E-state index in [9.17, 15) is 19.0 Å². The van der Waals surface area contributed by atoms with E-state index in [1.807, 2.05) is 27.2 Å². The van der Waals surface area contributed by atoms with Crippen LogP contribution in [-0.2, 0) is 32.7 Å². The number of likely N-dealkylation sites (N-methyl/N-ethyl adjacent to an activating group) is 1. The van der Waals surface area contributed by atoms with Gasteiger partial charge in [0, 0.05) is 12.8 Å². The number of allylic oxidation sites excluding steroid dienone is 10. The van der Waals surface area contributed by atoms with Crippen LogP contribution in [0.4, 0.5) is 0 Å². The molecule has 0 fully saturated rings. The van der Waals surface area contributed by atoms with E-state index < -0.39 is 32.5 Å². The number of quaternary nitrogens is 1. The minimum absolute atomic E-state index is 0.0428. The number of carbonyl (C=O) groups is 2. The third-order valence-electron chi connectivity index (χ3n) is 9.55. The molecular formula is C48H86NO8P. The first-order valence-corrected chi connectivity index (χ1v) is 24.5. The summed E-state index contributed by atoms with van der Waals surface area (Å²) in [6.07, 6.45) is 48.3. The Hall–Kier alpha value is -2.29. The highest BCUT2D eigenvalue weighted by Crippen LogP contribution is 2.38. The molecule has 0 rings (SSSR count). The number of nitrogens with zero attached hydrogens (tertiary/aromatic N) is 1. The molecule has 0 bridgehead atoms. The molecule has 9 nitrogen and oxygen atoms in total. The molecule has 0 aliphatic rings. The van der Waals surface area contributed by atoms with E-state index in [0.717, 1.165) is 51.4 Å². The quantitative estimate of drug-likeness (QED) is 0.0197. The summed E-state index contributed by atoms with van der Waals surface area (Å²) in [5, 5.41) is 0. The van der Waals surface area contributed by atoms with Crippen molar-refractivity contribution < 1.29 is 42.1 Å². The summed E-state index contributed by atoms with van der Waals surface area (Å²) >= 11 is 0. The van der Waals surface area contributed by atoms with Crippen LogP contribution in [-0.4, -0.2) is 70.0 Å². The number of hydrogen-bond acceptors (Lipinski definition) is 8. The average molecular weight is 836 g/mol. The van der Waals surface area contributed by atoms with Crippen LogP contribution in [0.25, 0.3) is 0 Å². The Morgan fingerprint density at radius 2 is 0.983 bits per heavy atom. The van der Waals surface area contributed by atoms with Gasteiger partial charge in [-0.1, -0.05) is 177 Å². The first kappa shape index (κ1) is 55.7. The van der Waals surface area contributed by atoms with Crippen molar-refractivity contribution in [1.29, 1.82) is 0 Å². The van der Waals surface area contributed by atoms with Gasteiger partial charge in [-0.05, 0) is 51.4 Å². The number of hydrogen-bond donors (Lipinski definition) is 0. The van der Waals surface area contributed by atoms with Gasteiger partial charge >= 0.3 is 11.9 Å². The minimum Gasteiger partial charge on any atom is -0.756 e. The van der Waals surface area contributed by atoms with E-state index >= 15 is 0 Å². The number of phosphoric acid groups is 1. The monoisotopic (exact) mass is 836 g/mol. The maximum Gasteiger partial charge on any atom is 0.306 e. The third kappa shape index (κ3) is 43.3. The van der Waals surface area contributed by atoms with Crippen molar-refractivity contribution in [1.82, 2.24) is 0 Å². The molecule has 0 heterocycles. The van der Waals surface area contributed by atoms with Gasteiger partial charge in [0.2, 0.25) is 0 Å². The smallest absolute Gasteiger partial charge is 0.306 e. The van der Waals surface area contributed by atoms with Crippen molar-refractivity contribution >= 4 is 19.8 Å². The summed E-state index contributed by atoms with van der Waals surface area (Å²) in [6, 6.07) is 0. The van der Waals surface area contributed by atoms with Crippen molar-refractivity contribution in [3.8, 4) is 0 Å². The van der Waals surface area contributed by atoms with Crippen LogP contribution >= 0.6 is 7.82 Å². The molecule has 0 aliphatic heterocycles. The molecule has 0 aromatic heterocycles. The zero-order chi connectivity index (χ0) is 42.8. The molecule has 0 saturated heterocycles. The summed E-state index contributed by atoms with van der Waals surface area (Å²) in [7, 11) is 1.13.